The molecule has 32 heavy (non-hydrogen) atoms. The molecular weight excluding hydrogens is 412 g/mol. The lowest BCUT2D eigenvalue weighted by atomic mass is 10.2. The molecule has 0 aliphatic carbocycles. The van der Waals surface area contributed by atoms with Crippen LogP contribution in [0.2, 0.25) is 0 Å². The van der Waals surface area contributed by atoms with Crippen LogP contribution in [0.4, 0.5) is 17.1 Å². The van der Waals surface area contributed by atoms with Gasteiger partial charge >= 0.3 is 0 Å². The Balaban J connectivity index is 1.44. The van der Waals surface area contributed by atoms with E-state index in [1.165, 1.54) is 6.92 Å². The summed E-state index contributed by atoms with van der Waals surface area (Å²) < 4.78 is 11.0. The largest absolute Gasteiger partial charge is 0.486 e. The average molecular weight is 441 g/mol. The molecule has 0 spiro atoms. The van der Waals surface area contributed by atoms with E-state index in [2.05, 4.69) is 16.0 Å². The van der Waals surface area contributed by atoms with Gasteiger partial charge < -0.3 is 25.4 Å². The molecule has 3 rings (SSSR count). The molecule has 0 aromatic heterocycles. The minimum atomic E-state index is -0.175. The van der Waals surface area contributed by atoms with Gasteiger partial charge in [0.2, 0.25) is 17.7 Å². The maximum Gasteiger partial charge on any atom is 0.238 e. The molecule has 3 N–H and O–H groups in total. The Hall–Kier alpha value is -3.59. The minimum Gasteiger partial charge on any atom is -0.486 e. The highest BCUT2D eigenvalue weighted by Gasteiger charge is 2.14. The monoisotopic (exact) mass is 440 g/mol. The van der Waals surface area contributed by atoms with E-state index in [4.69, 9.17) is 9.47 Å². The first-order valence-corrected chi connectivity index (χ1v) is 10.5. The zero-order valence-electron chi connectivity index (χ0n) is 18.3. The summed E-state index contributed by atoms with van der Waals surface area (Å²) in [6, 6.07) is 12.2. The van der Waals surface area contributed by atoms with Crippen LogP contribution in [0.1, 0.15) is 20.3 Å². The van der Waals surface area contributed by atoms with Gasteiger partial charge in [0, 0.05) is 43.0 Å². The molecule has 3 amide bonds. The summed E-state index contributed by atoms with van der Waals surface area (Å²) in [4.78, 5) is 37.7. The number of amides is 3. The van der Waals surface area contributed by atoms with Gasteiger partial charge in [0.15, 0.2) is 11.5 Å². The van der Waals surface area contributed by atoms with Gasteiger partial charge in [-0.25, -0.2) is 0 Å². The van der Waals surface area contributed by atoms with Crippen LogP contribution < -0.4 is 25.4 Å². The van der Waals surface area contributed by atoms with E-state index in [9.17, 15) is 14.4 Å². The number of hydrogen-bond donors (Lipinski definition) is 3. The van der Waals surface area contributed by atoms with Gasteiger partial charge in [-0.3, -0.25) is 19.3 Å². The van der Waals surface area contributed by atoms with Crippen LogP contribution in [0.15, 0.2) is 42.5 Å². The van der Waals surface area contributed by atoms with Gasteiger partial charge in [-0.1, -0.05) is 6.92 Å². The molecule has 0 saturated heterocycles. The second-order valence-electron chi connectivity index (χ2n) is 7.33. The lowest BCUT2D eigenvalue weighted by Crippen LogP contribution is -2.35. The molecule has 2 aromatic carbocycles. The van der Waals surface area contributed by atoms with Gasteiger partial charge in [-0.2, -0.15) is 0 Å². The number of hydrogen-bond acceptors (Lipinski definition) is 6. The normalized spacial score (nSPS) is 12.2. The third-order valence-electron chi connectivity index (χ3n) is 4.78. The Morgan fingerprint density at radius 1 is 0.844 bits per heavy atom. The maximum atomic E-state index is 12.4. The van der Waals surface area contributed by atoms with Crippen molar-refractivity contribution in [3.63, 3.8) is 0 Å². The van der Waals surface area contributed by atoms with Crippen molar-refractivity contribution in [3.8, 4) is 11.5 Å². The van der Waals surface area contributed by atoms with Crippen molar-refractivity contribution in [2.45, 2.75) is 20.3 Å². The number of fused-ring (bicyclic) bond motifs is 1. The Labute approximate surface area is 187 Å². The van der Waals surface area contributed by atoms with Crippen LogP contribution in [0.5, 0.6) is 11.5 Å². The van der Waals surface area contributed by atoms with Crippen molar-refractivity contribution in [1.29, 1.82) is 0 Å². The van der Waals surface area contributed by atoms with Crippen molar-refractivity contribution in [3.05, 3.63) is 42.5 Å². The van der Waals surface area contributed by atoms with E-state index in [-0.39, 0.29) is 30.7 Å². The van der Waals surface area contributed by atoms with E-state index < -0.39 is 0 Å². The van der Waals surface area contributed by atoms with Crippen molar-refractivity contribution in [1.82, 2.24) is 4.90 Å². The summed E-state index contributed by atoms with van der Waals surface area (Å²) in [5, 5.41) is 8.35. The fourth-order valence-corrected chi connectivity index (χ4v) is 3.20. The highest BCUT2D eigenvalue weighted by atomic mass is 16.6. The zero-order valence-corrected chi connectivity index (χ0v) is 18.3. The number of carbonyl (C=O) groups is 3. The molecule has 1 aliphatic rings. The first kappa shape index (κ1) is 23.1. The Morgan fingerprint density at radius 3 is 2.09 bits per heavy atom. The van der Waals surface area contributed by atoms with Gasteiger partial charge in [-0.05, 0) is 42.9 Å². The van der Waals surface area contributed by atoms with Crippen LogP contribution in [-0.4, -0.2) is 55.5 Å². The predicted octanol–water partition coefficient (Wildman–Crippen LogP) is 2.71. The van der Waals surface area contributed by atoms with Crippen LogP contribution in [0, 0.1) is 0 Å². The van der Waals surface area contributed by atoms with Crippen LogP contribution in [0.25, 0.3) is 0 Å². The summed E-state index contributed by atoms with van der Waals surface area (Å²) in [7, 11) is 0. The van der Waals surface area contributed by atoms with Crippen molar-refractivity contribution in [2.75, 3.05) is 48.8 Å². The highest BCUT2D eigenvalue weighted by Crippen LogP contribution is 2.32. The smallest absolute Gasteiger partial charge is 0.238 e. The molecule has 0 atom stereocenters. The standard InChI is InChI=1S/C23H28N4O5/c1-3-27(15-23(30)25-18-6-4-17(5-7-18)24-16(2)28)11-10-22(29)26-19-8-9-20-21(14-19)32-13-12-31-20/h4-9,14H,3,10-13,15H2,1-2H3,(H,24,28)(H,25,30)(H,26,29). The van der Waals surface area contributed by atoms with E-state index in [1.54, 1.807) is 42.5 Å². The SMILES string of the molecule is CCN(CCC(=O)Nc1ccc2c(c1)OCCO2)CC(=O)Nc1ccc(NC(C)=O)cc1. The van der Waals surface area contributed by atoms with Gasteiger partial charge in [0.1, 0.15) is 13.2 Å². The Kier molecular flexibility index (Phi) is 8.04. The fraction of sp³-hybridized carbons (Fsp3) is 0.348. The number of benzene rings is 2. The second-order valence-corrected chi connectivity index (χ2v) is 7.33. The summed E-state index contributed by atoms with van der Waals surface area (Å²) >= 11 is 0. The molecule has 1 heterocycles. The first-order valence-electron chi connectivity index (χ1n) is 10.5. The molecule has 2 aromatic rings. The molecule has 9 nitrogen and oxygen atoms in total. The van der Waals surface area contributed by atoms with Crippen molar-refractivity contribution >= 4 is 34.8 Å². The number of ether oxygens (including phenoxy) is 2. The van der Waals surface area contributed by atoms with Gasteiger partial charge in [-0.15, -0.1) is 0 Å². The molecule has 0 saturated carbocycles. The number of carbonyl (C=O) groups excluding carboxylic acids is 3. The Bertz CT molecular complexity index is 961. The van der Waals surface area contributed by atoms with Crippen molar-refractivity contribution in [2.24, 2.45) is 0 Å². The van der Waals surface area contributed by atoms with E-state index in [0.717, 1.165) is 0 Å². The molecule has 170 valence electrons. The molecular formula is C23H28N4O5. The number of anilines is 3. The van der Waals surface area contributed by atoms with E-state index in [0.29, 0.717) is 54.9 Å². The predicted molar refractivity (Wildman–Crippen MR) is 122 cm³/mol. The topological polar surface area (TPSA) is 109 Å². The fourth-order valence-electron chi connectivity index (χ4n) is 3.20. The maximum absolute atomic E-state index is 12.4. The lowest BCUT2D eigenvalue weighted by molar-refractivity contribution is -0.119. The third-order valence-corrected chi connectivity index (χ3v) is 4.78. The van der Waals surface area contributed by atoms with Gasteiger partial charge in [0.05, 0.1) is 6.54 Å². The van der Waals surface area contributed by atoms with Gasteiger partial charge in [0.25, 0.3) is 0 Å². The van der Waals surface area contributed by atoms with Crippen LogP contribution in [-0.2, 0) is 14.4 Å². The average Bonchev–Trinajstić information content (AvgIpc) is 2.77. The third kappa shape index (κ3) is 6.98. The molecule has 0 fully saturated rings. The summed E-state index contributed by atoms with van der Waals surface area (Å²) in [6.45, 7) is 5.62. The van der Waals surface area contributed by atoms with Crippen molar-refractivity contribution < 1.29 is 23.9 Å². The molecule has 1 aliphatic heterocycles. The van der Waals surface area contributed by atoms with Crippen LogP contribution in [0.3, 0.4) is 0 Å². The molecule has 9 heteroatoms. The molecule has 0 radical (unpaired) electrons. The summed E-state index contributed by atoms with van der Waals surface area (Å²) in [5.41, 5.74) is 1.94. The quantitative estimate of drug-likeness (QED) is 0.553. The van der Waals surface area contributed by atoms with E-state index >= 15 is 0 Å². The second kappa shape index (κ2) is 11.1. The Morgan fingerprint density at radius 2 is 1.44 bits per heavy atom. The summed E-state index contributed by atoms with van der Waals surface area (Å²) in [6.07, 6.45) is 0.251. The number of likely N-dealkylation sites (N-methyl/N-ethyl adjacent to an activating group) is 1. The van der Waals surface area contributed by atoms with E-state index in [1.807, 2.05) is 11.8 Å². The van der Waals surface area contributed by atoms with Crippen LogP contribution >= 0.6 is 0 Å². The first-order chi connectivity index (χ1) is 15.4. The number of rotatable bonds is 9. The highest BCUT2D eigenvalue weighted by molar-refractivity contribution is 5.93. The molecule has 0 unspecified atom stereocenters. The minimum absolute atomic E-state index is 0.144. The summed E-state index contributed by atoms with van der Waals surface area (Å²) in [5.74, 6) is 0.812. The lowest BCUT2D eigenvalue weighted by Gasteiger charge is -2.20. The number of nitrogens with one attached hydrogen (secondary N) is 3. The number of nitrogens with zero attached hydrogens (tertiary/aromatic N) is 1. The molecule has 0 bridgehead atoms. The zero-order chi connectivity index (χ0) is 22.9.